The van der Waals surface area contributed by atoms with Gasteiger partial charge in [-0.15, -0.1) is 0 Å². The summed E-state index contributed by atoms with van der Waals surface area (Å²) in [7, 11) is 5.27. The fraction of sp³-hybridized carbons (Fsp3) is 0.526. The first-order valence-electron chi connectivity index (χ1n) is 8.88. The molecular weight excluding hydrogens is 346 g/mol. The molecule has 1 atom stereocenters. The maximum absolute atomic E-state index is 11.3. The van der Waals surface area contributed by atoms with E-state index in [0.717, 1.165) is 25.9 Å². The number of carbonyl (C=O) groups excluding carboxylic acids is 1. The number of hydrogen-bond acceptors (Lipinski definition) is 6. The van der Waals surface area contributed by atoms with E-state index in [0.29, 0.717) is 22.7 Å². The van der Waals surface area contributed by atoms with Crippen molar-refractivity contribution in [2.45, 2.75) is 31.9 Å². The third kappa shape index (κ3) is 5.34. The Kier molecular flexibility index (Phi) is 7.02. The predicted octanol–water partition coefficient (Wildman–Crippen LogP) is 1.51. The lowest BCUT2D eigenvalue weighted by Crippen LogP contribution is -2.48. The highest BCUT2D eigenvalue weighted by atomic mass is 16.5. The molecule has 1 heterocycles. The Hall–Kier alpha value is -2.79. The van der Waals surface area contributed by atoms with Gasteiger partial charge >= 0.3 is 0 Å². The molecule has 0 aromatic heterocycles. The van der Waals surface area contributed by atoms with Gasteiger partial charge in [-0.1, -0.05) is 0 Å². The van der Waals surface area contributed by atoms with Crippen LogP contribution in [0.2, 0.25) is 0 Å². The molecule has 0 spiro atoms. The molecule has 0 bridgehead atoms. The van der Waals surface area contributed by atoms with Gasteiger partial charge in [-0.2, -0.15) is 5.26 Å². The SMILES string of the molecule is COc1cc(N=CN(C)C)c(C#N)cc1OC1CCN(C(C)C(N)=O)CC1. The molecule has 0 radical (unpaired) electrons. The van der Waals surface area contributed by atoms with Gasteiger partial charge in [-0.05, 0) is 19.8 Å². The monoisotopic (exact) mass is 373 g/mol. The lowest BCUT2D eigenvalue weighted by Gasteiger charge is -2.34. The molecule has 2 rings (SSSR count). The number of amides is 1. The standard InChI is InChI=1S/C19H27N5O3/c1-13(19(21)25)24-7-5-15(6-8-24)27-18-9-14(11-20)16(10-17(18)26-4)22-12-23(2)3/h9-10,12-13,15H,5-8H2,1-4H3,(H2,21,25). The summed E-state index contributed by atoms with van der Waals surface area (Å²) in [6.45, 7) is 3.28. The fourth-order valence-electron chi connectivity index (χ4n) is 2.92. The summed E-state index contributed by atoms with van der Waals surface area (Å²) in [6, 6.07) is 5.25. The average Bonchev–Trinajstić information content (AvgIpc) is 2.66. The van der Waals surface area contributed by atoms with Gasteiger partial charge in [0.25, 0.3) is 0 Å². The topological polar surface area (TPSA) is 104 Å². The van der Waals surface area contributed by atoms with Crippen LogP contribution in [0, 0.1) is 11.3 Å². The highest BCUT2D eigenvalue weighted by Gasteiger charge is 2.27. The highest BCUT2D eigenvalue weighted by Crippen LogP contribution is 2.36. The number of nitriles is 1. The Bertz CT molecular complexity index is 734. The van der Waals surface area contributed by atoms with Crippen LogP contribution in [0.15, 0.2) is 17.1 Å². The van der Waals surface area contributed by atoms with Crippen molar-refractivity contribution in [1.82, 2.24) is 9.80 Å². The molecule has 1 fully saturated rings. The Balaban J connectivity index is 2.13. The van der Waals surface area contributed by atoms with E-state index in [-0.39, 0.29) is 18.1 Å². The second kappa shape index (κ2) is 9.24. The van der Waals surface area contributed by atoms with Gasteiger partial charge in [0.15, 0.2) is 11.5 Å². The zero-order valence-corrected chi connectivity index (χ0v) is 16.3. The van der Waals surface area contributed by atoms with Crippen molar-refractivity contribution in [3.8, 4) is 17.6 Å². The van der Waals surface area contributed by atoms with E-state index in [1.165, 1.54) is 0 Å². The predicted molar refractivity (Wildman–Crippen MR) is 103 cm³/mol. The molecule has 8 heteroatoms. The molecule has 0 aliphatic carbocycles. The fourth-order valence-corrected chi connectivity index (χ4v) is 2.92. The zero-order valence-electron chi connectivity index (χ0n) is 16.3. The number of likely N-dealkylation sites (tertiary alicyclic amines) is 1. The summed E-state index contributed by atoms with van der Waals surface area (Å²) in [4.78, 5) is 19.5. The highest BCUT2D eigenvalue weighted by molar-refractivity contribution is 5.79. The summed E-state index contributed by atoms with van der Waals surface area (Å²) in [6.07, 6.45) is 3.15. The van der Waals surface area contributed by atoms with Crippen LogP contribution in [0.1, 0.15) is 25.3 Å². The number of nitrogens with two attached hydrogens (primary N) is 1. The molecule has 1 aliphatic rings. The van der Waals surface area contributed by atoms with Crippen LogP contribution in [-0.4, -0.2) is 68.5 Å². The van der Waals surface area contributed by atoms with Gasteiger partial charge in [-0.3, -0.25) is 9.69 Å². The van der Waals surface area contributed by atoms with Gasteiger partial charge in [0.05, 0.1) is 30.7 Å². The van der Waals surface area contributed by atoms with E-state index in [1.54, 1.807) is 30.5 Å². The van der Waals surface area contributed by atoms with Crippen LogP contribution in [0.5, 0.6) is 11.5 Å². The second-order valence-corrected chi connectivity index (χ2v) is 6.77. The van der Waals surface area contributed by atoms with E-state index >= 15 is 0 Å². The average molecular weight is 373 g/mol. The summed E-state index contributed by atoms with van der Waals surface area (Å²) < 4.78 is 11.5. The largest absolute Gasteiger partial charge is 0.493 e. The van der Waals surface area contributed by atoms with Crippen LogP contribution in [0.4, 0.5) is 5.69 Å². The summed E-state index contributed by atoms with van der Waals surface area (Å²) >= 11 is 0. The van der Waals surface area contributed by atoms with Crippen molar-refractivity contribution < 1.29 is 14.3 Å². The maximum Gasteiger partial charge on any atom is 0.234 e. The zero-order chi connectivity index (χ0) is 20.0. The van der Waals surface area contributed by atoms with E-state index in [2.05, 4.69) is 16.0 Å². The first kappa shape index (κ1) is 20.5. The summed E-state index contributed by atoms with van der Waals surface area (Å²) in [5, 5.41) is 9.44. The van der Waals surface area contributed by atoms with Crippen molar-refractivity contribution in [3.05, 3.63) is 17.7 Å². The molecule has 1 aliphatic heterocycles. The Labute approximate surface area is 160 Å². The van der Waals surface area contributed by atoms with Gasteiger partial charge in [-0.25, -0.2) is 4.99 Å². The normalized spacial score (nSPS) is 16.7. The number of rotatable bonds is 7. The smallest absolute Gasteiger partial charge is 0.234 e. The van der Waals surface area contributed by atoms with Crippen molar-refractivity contribution in [2.24, 2.45) is 10.7 Å². The number of ether oxygens (including phenoxy) is 2. The van der Waals surface area contributed by atoms with Crippen LogP contribution >= 0.6 is 0 Å². The van der Waals surface area contributed by atoms with Crippen LogP contribution in [0.25, 0.3) is 0 Å². The molecule has 1 amide bonds. The molecule has 2 N–H and O–H groups in total. The lowest BCUT2D eigenvalue weighted by atomic mass is 10.1. The minimum absolute atomic E-state index is 0.0158. The van der Waals surface area contributed by atoms with E-state index < -0.39 is 0 Å². The molecule has 0 saturated carbocycles. The van der Waals surface area contributed by atoms with Crippen LogP contribution < -0.4 is 15.2 Å². The minimum atomic E-state index is -0.316. The second-order valence-electron chi connectivity index (χ2n) is 6.77. The molecule has 8 nitrogen and oxygen atoms in total. The minimum Gasteiger partial charge on any atom is -0.493 e. The van der Waals surface area contributed by atoms with Crippen molar-refractivity contribution in [3.63, 3.8) is 0 Å². The number of benzene rings is 1. The molecule has 27 heavy (non-hydrogen) atoms. The molecule has 1 unspecified atom stereocenters. The molecule has 1 aromatic carbocycles. The van der Waals surface area contributed by atoms with E-state index in [4.69, 9.17) is 15.2 Å². The van der Waals surface area contributed by atoms with Gasteiger partial charge in [0.2, 0.25) is 5.91 Å². The molecule has 146 valence electrons. The molecule has 1 saturated heterocycles. The third-order valence-electron chi connectivity index (χ3n) is 4.56. The number of methoxy groups -OCH3 is 1. The maximum atomic E-state index is 11.3. The molecular formula is C19H27N5O3. The lowest BCUT2D eigenvalue weighted by molar-refractivity contribution is -0.123. The third-order valence-corrected chi connectivity index (χ3v) is 4.56. The van der Waals surface area contributed by atoms with Gasteiger partial charge < -0.3 is 20.1 Å². The van der Waals surface area contributed by atoms with Crippen molar-refractivity contribution in [2.75, 3.05) is 34.3 Å². The number of hydrogen-bond donors (Lipinski definition) is 1. The number of nitrogens with zero attached hydrogens (tertiary/aromatic N) is 4. The van der Waals surface area contributed by atoms with Gasteiger partial charge in [0.1, 0.15) is 12.2 Å². The Morgan fingerprint density at radius 3 is 2.59 bits per heavy atom. The summed E-state index contributed by atoms with van der Waals surface area (Å²) in [5.74, 6) is 0.746. The van der Waals surface area contributed by atoms with E-state index in [9.17, 15) is 10.1 Å². The number of primary amides is 1. The number of carbonyl (C=O) groups is 1. The van der Waals surface area contributed by atoms with Crippen LogP contribution in [-0.2, 0) is 4.79 Å². The number of aliphatic imine (C=N–C) groups is 1. The Morgan fingerprint density at radius 2 is 2.07 bits per heavy atom. The van der Waals surface area contributed by atoms with Gasteiger partial charge in [0, 0.05) is 39.3 Å². The van der Waals surface area contributed by atoms with E-state index in [1.807, 2.05) is 21.0 Å². The molecule has 1 aromatic rings. The first-order chi connectivity index (χ1) is 12.8. The van der Waals surface area contributed by atoms with Crippen molar-refractivity contribution >= 4 is 17.9 Å². The first-order valence-corrected chi connectivity index (χ1v) is 8.88. The summed E-state index contributed by atoms with van der Waals surface area (Å²) in [5.41, 5.74) is 6.33. The number of piperidine rings is 1. The van der Waals surface area contributed by atoms with Crippen LogP contribution in [0.3, 0.4) is 0 Å². The Morgan fingerprint density at radius 1 is 1.41 bits per heavy atom. The quantitative estimate of drug-likeness (QED) is 0.574. The van der Waals surface area contributed by atoms with Crippen molar-refractivity contribution in [1.29, 1.82) is 5.26 Å².